The number of nitrogens with zero attached hydrogens (tertiary/aromatic N) is 3. The first-order valence-corrected chi connectivity index (χ1v) is 12.6. The predicted molar refractivity (Wildman–Crippen MR) is 139 cm³/mol. The van der Waals surface area contributed by atoms with Crippen molar-refractivity contribution in [3.05, 3.63) is 47.4 Å². The van der Waals surface area contributed by atoms with E-state index >= 15 is 0 Å². The Labute approximate surface area is 230 Å². The van der Waals surface area contributed by atoms with Crippen molar-refractivity contribution in [1.29, 1.82) is 0 Å². The van der Waals surface area contributed by atoms with Crippen molar-refractivity contribution in [3.63, 3.8) is 0 Å². The van der Waals surface area contributed by atoms with Crippen LogP contribution in [0.5, 0.6) is 0 Å². The fraction of sp³-hybridized carbons (Fsp3) is 0.320. The minimum absolute atomic E-state index is 0.000343. The lowest BCUT2D eigenvalue weighted by molar-refractivity contribution is -0.162. The van der Waals surface area contributed by atoms with Gasteiger partial charge in [0.2, 0.25) is 0 Å². The molecule has 3 aromatic rings. The summed E-state index contributed by atoms with van der Waals surface area (Å²) in [5.74, 6) is -1.82. The lowest BCUT2D eigenvalue weighted by Gasteiger charge is -2.22. The van der Waals surface area contributed by atoms with Gasteiger partial charge in [-0.15, -0.1) is 11.3 Å². The second-order valence-electron chi connectivity index (χ2n) is 8.81. The van der Waals surface area contributed by atoms with Crippen LogP contribution in [-0.2, 0) is 20.5 Å². The van der Waals surface area contributed by atoms with E-state index in [2.05, 4.69) is 30.9 Å². The van der Waals surface area contributed by atoms with E-state index in [-0.39, 0.29) is 22.0 Å². The van der Waals surface area contributed by atoms with Crippen molar-refractivity contribution in [3.8, 4) is 21.7 Å². The molecule has 0 unspecified atom stereocenters. The van der Waals surface area contributed by atoms with Crippen molar-refractivity contribution < 1.29 is 37.1 Å². The second kappa shape index (κ2) is 12.2. The average molecular weight is 579 g/mol. The minimum atomic E-state index is -4.66. The van der Waals surface area contributed by atoms with Crippen LogP contribution in [0.15, 0.2) is 36.1 Å². The summed E-state index contributed by atoms with van der Waals surface area (Å²) >= 11 is 0.747. The monoisotopic (exact) mass is 578 g/mol. The Kier molecular flexibility index (Phi) is 9.19. The summed E-state index contributed by atoms with van der Waals surface area (Å²) in [6.45, 7) is 5.52. The van der Waals surface area contributed by atoms with Crippen molar-refractivity contribution in [1.82, 2.24) is 25.6 Å². The van der Waals surface area contributed by atoms with Gasteiger partial charge in [-0.3, -0.25) is 24.7 Å². The number of ketones is 1. The molecule has 11 nitrogen and oxygen atoms in total. The molecule has 3 amide bonds. The number of nitrogens with one attached hydrogen (secondary N) is 3. The zero-order chi connectivity index (χ0) is 29.7. The average Bonchev–Trinajstić information content (AvgIpc) is 3.37. The molecule has 0 saturated carbocycles. The number of ether oxygens (including phenoxy) is 1. The molecule has 212 valence electrons. The molecule has 0 atom stereocenters. The number of carbonyl (C=O) groups excluding carboxylic acids is 4. The SMILES string of the molecule is CCNC(=O)Nc1cc(-c2nc(C(F)(F)F)cs2)c(-c2cncc(C(=O)CNC(=O)C(C)(C)OC(C)=O)c2)cn1. The Bertz CT molecular complexity index is 1440. The Hall–Kier alpha value is -4.40. The third-order valence-corrected chi connectivity index (χ3v) is 6.11. The fourth-order valence-electron chi connectivity index (χ4n) is 3.40. The van der Waals surface area contributed by atoms with Crippen LogP contribution in [0.1, 0.15) is 43.7 Å². The number of halogens is 3. The summed E-state index contributed by atoms with van der Waals surface area (Å²) < 4.78 is 44.7. The lowest BCUT2D eigenvalue weighted by atomic mass is 10.0. The number of anilines is 1. The lowest BCUT2D eigenvalue weighted by Crippen LogP contribution is -2.46. The Morgan fingerprint density at radius 3 is 2.38 bits per heavy atom. The van der Waals surface area contributed by atoms with E-state index in [1.165, 1.54) is 44.6 Å². The van der Waals surface area contributed by atoms with E-state index in [0.29, 0.717) is 17.7 Å². The highest BCUT2D eigenvalue weighted by Crippen LogP contribution is 2.38. The molecule has 0 fully saturated rings. The highest BCUT2D eigenvalue weighted by atomic mass is 32.1. The fourth-order valence-corrected chi connectivity index (χ4v) is 4.26. The Morgan fingerprint density at radius 1 is 1.02 bits per heavy atom. The number of thiazole rings is 1. The van der Waals surface area contributed by atoms with Crippen LogP contribution in [0.2, 0.25) is 0 Å². The standard InChI is InChI=1S/C25H25F3N6O5S/c1-5-30-23(38)34-20-7-16(21-33-19(12-40-21)25(26,27)28)17(10-31-20)14-6-15(9-29-8-14)18(36)11-32-22(37)24(3,4)39-13(2)35/h6-10,12H,5,11H2,1-4H3,(H,32,37)(H2,30,31,34,38). The van der Waals surface area contributed by atoms with Gasteiger partial charge in [0.05, 0.1) is 6.54 Å². The normalized spacial score (nSPS) is 11.5. The first-order chi connectivity index (χ1) is 18.7. The molecule has 0 aromatic carbocycles. The first-order valence-electron chi connectivity index (χ1n) is 11.8. The summed E-state index contributed by atoms with van der Waals surface area (Å²) in [4.78, 5) is 60.3. The highest BCUT2D eigenvalue weighted by molar-refractivity contribution is 7.13. The number of amides is 3. The van der Waals surface area contributed by atoms with E-state index in [4.69, 9.17) is 4.74 Å². The zero-order valence-electron chi connectivity index (χ0n) is 21.8. The van der Waals surface area contributed by atoms with Gasteiger partial charge < -0.3 is 15.4 Å². The maximum atomic E-state index is 13.2. The molecule has 40 heavy (non-hydrogen) atoms. The van der Waals surface area contributed by atoms with E-state index in [9.17, 15) is 32.3 Å². The molecule has 0 aliphatic rings. The van der Waals surface area contributed by atoms with Crippen LogP contribution >= 0.6 is 11.3 Å². The van der Waals surface area contributed by atoms with Crippen molar-refractivity contribution in [2.75, 3.05) is 18.4 Å². The molecule has 15 heteroatoms. The number of pyridine rings is 2. The number of esters is 1. The van der Waals surface area contributed by atoms with Crippen LogP contribution in [-0.4, -0.2) is 57.3 Å². The maximum absolute atomic E-state index is 13.2. The van der Waals surface area contributed by atoms with Crippen LogP contribution < -0.4 is 16.0 Å². The molecule has 3 heterocycles. The topological polar surface area (TPSA) is 152 Å². The molecular formula is C25H25F3N6O5S. The van der Waals surface area contributed by atoms with Gasteiger partial charge in [0.25, 0.3) is 5.91 Å². The number of rotatable bonds is 9. The van der Waals surface area contributed by atoms with Crippen molar-refractivity contribution in [2.24, 2.45) is 0 Å². The summed E-state index contributed by atoms with van der Waals surface area (Å²) in [6.07, 6.45) is -0.695. The third-order valence-electron chi connectivity index (χ3n) is 5.23. The summed E-state index contributed by atoms with van der Waals surface area (Å²) in [5, 5.41) is 8.31. The third kappa shape index (κ3) is 7.59. The van der Waals surface area contributed by atoms with E-state index in [1.807, 2.05) is 0 Å². The maximum Gasteiger partial charge on any atom is 0.434 e. The van der Waals surface area contributed by atoms with E-state index in [0.717, 1.165) is 23.6 Å². The van der Waals surface area contributed by atoms with Gasteiger partial charge in [-0.1, -0.05) is 0 Å². The minimum Gasteiger partial charge on any atom is -0.450 e. The quantitative estimate of drug-likeness (QED) is 0.254. The Balaban J connectivity index is 1.94. The number of hydrogen-bond donors (Lipinski definition) is 3. The van der Waals surface area contributed by atoms with Gasteiger partial charge in [0, 0.05) is 59.7 Å². The molecule has 0 spiro atoms. The smallest absolute Gasteiger partial charge is 0.434 e. The van der Waals surface area contributed by atoms with Gasteiger partial charge in [0.1, 0.15) is 10.8 Å². The number of urea groups is 1. The number of alkyl halides is 3. The first kappa shape index (κ1) is 30.1. The summed E-state index contributed by atoms with van der Waals surface area (Å²) in [7, 11) is 0. The van der Waals surface area contributed by atoms with Gasteiger partial charge in [-0.2, -0.15) is 13.2 Å². The molecule has 0 aliphatic carbocycles. The largest absolute Gasteiger partial charge is 0.450 e. The van der Waals surface area contributed by atoms with Gasteiger partial charge >= 0.3 is 18.2 Å². The van der Waals surface area contributed by atoms with Crippen molar-refractivity contribution >= 4 is 40.8 Å². The number of Topliss-reactive ketones (excluding diaryl/α,β-unsaturated/α-hetero) is 1. The molecule has 0 bridgehead atoms. The van der Waals surface area contributed by atoms with Crippen LogP contribution in [0, 0.1) is 0 Å². The van der Waals surface area contributed by atoms with Crippen LogP contribution in [0.3, 0.4) is 0 Å². The zero-order valence-corrected chi connectivity index (χ0v) is 22.6. The molecule has 0 aliphatic heterocycles. The molecule has 3 aromatic heterocycles. The second-order valence-corrected chi connectivity index (χ2v) is 9.67. The number of hydrogen-bond acceptors (Lipinski definition) is 9. The van der Waals surface area contributed by atoms with Crippen LogP contribution in [0.4, 0.5) is 23.8 Å². The van der Waals surface area contributed by atoms with E-state index in [1.54, 1.807) is 6.92 Å². The predicted octanol–water partition coefficient (Wildman–Crippen LogP) is 4.07. The molecule has 3 rings (SSSR count). The van der Waals surface area contributed by atoms with Crippen molar-refractivity contribution in [2.45, 2.75) is 39.5 Å². The molecule has 0 saturated heterocycles. The molecule has 3 N–H and O–H groups in total. The van der Waals surface area contributed by atoms with Gasteiger partial charge in [0.15, 0.2) is 17.1 Å². The molecule has 0 radical (unpaired) electrons. The van der Waals surface area contributed by atoms with Gasteiger partial charge in [-0.25, -0.2) is 14.8 Å². The molecular weight excluding hydrogens is 553 g/mol. The van der Waals surface area contributed by atoms with Gasteiger partial charge in [-0.05, 0) is 32.9 Å². The number of aromatic nitrogens is 3. The highest BCUT2D eigenvalue weighted by Gasteiger charge is 2.34. The number of carbonyl (C=O) groups is 4. The summed E-state index contributed by atoms with van der Waals surface area (Å²) in [5.41, 5.74) is -1.65. The van der Waals surface area contributed by atoms with Crippen LogP contribution in [0.25, 0.3) is 21.7 Å². The Morgan fingerprint density at radius 2 is 1.75 bits per heavy atom. The van der Waals surface area contributed by atoms with E-state index < -0.39 is 47.7 Å². The summed E-state index contributed by atoms with van der Waals surface area (Å²) in [6, 6.07) is 2.25.